The number of rotatable bonds is 6. The average molecular weight is 351 g/mol. The maximum Gasteiger partial charge on any atom is 0.348 e. The lowest BCUT2D eigenvalue weighted by atomic mass is 10.1. The number of carbonyl (C=O) groups excluding carboxylic acids is 1. The van der Waals surface area contributed by atoms with Crippen LogP contribution in [0.15, 0.2) is 10.9 Å². The molecule has 0 saturated heterocycles. The summed E-state index contributed by atoms with van der Waals surface area (Å²) in [6.45, 7) is 1.45. The molecule has 0 amide bonds. The molecule has 1 aromatic heterocycles. The number of methoxy groups -OCH3 is 3. The molecular weight excluding hydrogens is 334 g/mol. The molecule has 0 fully saturated rings. The van der Waals surface area contributed by atoms with E-state index in [0.717, 1.165) is 0 Å². The minimum absolute atomic E-state index is 0.0398. The van der Waals surface area contributed by atoms with Crippen LogP contribution >= 0.6 is 0 Å². The van der Waals surface area contributed by atoms with Crippen molar-refractivity contribution in [2.45, 2.75) is 19.9 Å². The fourth-order valence-electron chi connectivity index (χ4n) is 2.59. The van der Waals surface area contributed by atoms with Gasteiger partial charge >= 0.3 is 17.3 Å². The Hall–Kier alpha value is -3.17. The largest absolute Gasteiger partial charge is 0.493 e. The van der Waals surface area contributed by atoms with Crippen LogP contribution in [0.3, 0.4) is 0 Å². The first-order chi connectivity index (χ1) is 11.8. The Morgan fingerprint density at radius 3 is 2.52 bits per heavy atom. The van der Waals surface area contributed by atoms with E-state index >= 15 is 0 Å². The van der Waals surface area contributed by atoms with Crippen molar-refractivity contribution in [3.05, 3.63) is 32.4 Å². The van der Waals surface area contributed by atoms with Crippen molar-refractivity contribution < 1.29 is 23.9 Å². The van der Waals surface area contributed by atoms with Crippen molar-refractivity contribution in [2.75, 3.05) is 21.3 Å². The second-order valence-electron chi connectivity index (χ2n) is 5.07. The highest BCUT2D eigenvalue weighted by Gasteiger charge is 2.28. The number of benzene rings is 1. The fourth-order valence-corrected chi connectivity index (χ4v) is 2.59. The number of esters is 1. The minimum atomic E-state index is -0.629. The zero-order valence-corrected chi connectivity index (χ0v) is 14.2. The smallest absolute Gasteiger partial charge is 0.348 e. The van der Waals surface area contributed by atoms with E-state index in [1.807, 2.05) is 0 Å². The normalized spacial score (nSPS) is 10.6. The Balaban J connectivity index is 2.88. The molecule has 0 unspecified atom stereocenters. The number of fused-ring (bicyclic) bond motifs is 1. The van der Waals surface area contributed by atoms with E-state index in [4.69, 9.17) is 9.47 Å². The van der Waals surface area contributed by atoms with Crippen LogP contribution in [0.5, 0.6) is 11.5 Å². The molecule has 2 aromatic rings. The third kappa shape index (κ3) is 3.23. The molecule has 0 N–H and O–H groups in total. The number of nitro benzene ring substituents is 1. The Labute approximate surface area is 142 Å². The van der Waals surface area contributed by atoms with Crippen molar-refractivity contribution in [1.29, 1.82) is 0 Å². The van der Waals surface area contributed by atoms with Crippen LogP contribution < -0.4 is 15.2 Å². The first-order valence-corrected chi connectivity index (χ1v) is 7.23. The number of hydrogen-bond acceptors (Lipinski definition) is 8. The van der Waals surface area contributed by atoms with E-state index in [1.54, 1.807) is 0 Å². The number of hydrogen-bond donors (Lipinski definition) is 0. The molecule has 10 nitrogen and oxygen atoms in total. The molecule has 0 aliphatic rings. The van der Waals surface area contributed by atoms with E-state index in [-0.39, 0.29) is 46.7 Å². The predicted molar refractivity (Wildman–Crippen MR) is 87.1 cm³/mol. The number of aromatic nitrogens is 2. The molecule has 0 atom stereocenters. The van der Waals surface area contributed by atoms with Crippen LogP contribution in [0.1, 0.15) is 12.1 Å². The molecule has 2 rings (SSSR count). The van der Waals surface area contributed by atoms with Gasteiger partial charge in [-0.15, -0.1) is 0 Å². The van der Waals surface area contributed by atoms with Gasteiger partial charge in [0.15, 0.2) is 5.75 Å². The second kappa shape index (κ2) is 7.16. The highest BCUT2D eigenvalue weighted by atomic mass is 16.6. The molecule has 1 heterocycles. The van der Waals surface area contributed by atoms with Crippen LogP contribution in [0, 0.1) is 17.0 Å². The number of nitro groups is 1. The molecule has 1 aromatic carbocycles. The van der Waals surface area contributed by atoms with Gasteiger partial charge in [0.2, 0.25) is 5.75 Å². The Bertz CT molecular complexity index is 904. The van der Waals surface area contributed by atoms with Gasteiger partial charge in [0.1, 0.15) is 5.39 Å². The number of aryl methyl sites for hydroxylation is 2. The molecule has 134 valence electrons. The summed E-state index contributed by atoms with van der Waals surface area (Å²) in [5.41, 5.74) is -0.572. The predicted octanol–water partition coefficient (Wildman–Crippen LogP) is 1.19. The Morgan fingerprint density at radius 2 is 2.00 bits per heavy atom. The maximum absolute atomic E-state index is 12.2. The van der Waals surface area contributed by atoms with E-state index < -0.39 is 16.6 Å². The standard InChI is InChI=1S/C15H17N3O7/c1-8-12-9(17(15(20)16-8)6-5-11(19)24-3)7-10(23-2)14(25-4)13(12)18(21)22/h7H,5-6H2,1-4H3. The van der Waals surface area contributed by atoms with Crippen LogP contribution in [0.2, 0.25) is 0 Å². The first-order valence-electron chi connectivity index (χ1n) is 7.23. The van der Waals surface area contributed by atoms with Gasteiger partial charge in [0, 0.05) is 12.6 Å². The number of ether oxygens (including phenoxy) is 3. The van der Waals surface area contributed by atoms with Crippen molar-refractivity contribution >= 4 is 22.6 Å². The molecule has 0 bridgehead atoms. The van der Waals surface area contributed by atoms with Gasteiger partial charge in [-0.2, -0.15) is 4.98 Å². The molecule has 10 heteroatoms. The van der Waals surface area contributed by atoms with Gasteiger partial charge < -0.3 is 14.2 Å². The van der Waals surface area contributed by atoms with Crippen molar-refractivity contribution in [3.63, 3.8) is 0 Å². The summed E-state index contributed by atoms with van der Waals surface area (Å²) in [6, 6.07) is 1.45. The third-order valence-electron chi connectivity index (χ3n) is 3.72. The van der Waals surface area contributed by atoms with Crippen LogP contribution in [-0.2, 0) is 16.1 Å². The molecule has 0 spiro atoms. The molecule has 0 radical (unpaired) electrons. The van der Waals surface area contributed by atoms with Crippen LogP contribution in [-0.4, -0.2) is 41.8 Å². The summed E-state index contributed by atoms with van der Waals surface area (Å²) in [4.78, 5) is 38.5. The second-order valence-corrected chi connectivity index (χ2v) is 5.07. The Kier molecular flexibility index (Phi) is 5.20. The van der Waals surface area contributed by atoms with E-state index in [1.165, 1.54) is 38.9 Å². The van der Waals surface area contributed by atoms with Gasteiger partial charge in [-0.25, -0.2) is 4.79 Å². The number of nitrogens with zero attached hydrogens (tertiary/aromatic N) is 3. The summed E-state index contributed by atoms with van der Waals surface area (Å²) < 4.78 is 16.0. The van der Waals surface area contributed by atoms with E-state index in [9.17, 15) is 19.7 Å². The summed E-state index contributed by atoms with van der Waals surface area (Å²) in [6.07, 6.45) is -0.0849. The van der Waals surface area contributed by atoms with Crippen molar-refractivity contribution in [2.24, 2.45) is 0 Å². The highest BCUT2D eigenvalue weighted by Crippen LogP contribution is 2.43. The summed E-state index contributed by atoms with van der Waals surface area (Å²) in [5, 5.41) is 11.7. The Morgan fingerprint density at radius 1 is 1.32 bits per heavy atom. The zero-order chi connectivity index (χ0) is 18.7. The monoisotopic (exact) mass is 351 g/mol. The first kappa shape index (κ1) is 18.2. The quantitative estimate of drug-likeness (QED) is 0.432. The van der Waals surface area contributed by atoms with Gasteiger partial charge in [-0.05, 0) is 6.92 Å². The lowest BCUT2D eigenvalue weighted by molar-refractivity contribution is -0.384. The van der Waals surface area contributed by atoms with Crippen molar-refractivity contribution in [3.8, 4) is 11.5 Å². The number of carbonyl (C=O) groups is 1. The lowest BCUT2D eigenvalue weighted by Gasteiger charge is -2.15. The average Bonchev–Trinajstić information content (AvgIpc) is 2.58. The third-order valence-corrected chi connectivity index (χ3v) is 3.72. The topological polar surface area (TPSA) is 123 Å². The summed E-state index contributed by atoms with van der Waals surface area (Å²) in [5.74, 6) is -0.489. The van der Waals surface area contributed by atoms with E-state index in [2.05, 4.69) is 9.72 Å². The minimum Gasteiger partial charge on any atom is -0.493 e. The van der Waals surface area contributed by atoms with Gasteiger partial charge in [0.05, 0.1) is 43.9 Å². The fraction of sp³-hybridized carbons (Fsp3) is 0.400. The van der Waals surface area contributed by atoms with Gasteiger partial charge in [-0.1, -0.05) is 0 Å². The summed E-state index contributed by atoms with van der Waals surface area (Å²) in [7, 11) is 3.85. The van der Waals surface area contributed by atoms with Crippen LogP contribution in [0.4, 0.5) is 5.69 Å². The lowest BCUT2D eigenvalue weighted by Crippen LogP contribution is -2.26. The van der Waals surface area contributed by atoms with Gasteiger partial charge in [0.25, 0.3) is 0 Å². The molecular formula is C15H17N3O7. The van der Waals surface area contributed by atoms with E-state index in [0.29, 0.717) is 0 Å². The SMILES string of the molecule is COC(=O)CCn1c(=O)nc(C)c2c([N+](=O)[O-])c(OC)c(OC)cc21. The molecule has 25 heavy (non-hydrogen) atoms. The summed E-state index contributed by atoms with van der Waals surface area (Å²) >= 11 is 0. The van der Waals surface area contributed by atoms with Crippen LogP contribution in [0.25, 0.3) is 10.9 Å². The highest BCUT2D eigenvalue weighted by molar-refractivity contribution is 5.95. The molecule has 0 saturated carbocycles. The molecule has 0 aliphatic heterocycles. The van der Waals surface area contributed by atoms with Crippen molar-refractivity contribution in [1.82, 2.24) is 9.55 Å². The van der Waals surface area contributed by atoms with Gasteiger partial charge in [-0.3, -0.25) is 19.5 Å². The molecule has 0 aliphatic carbocycles. The zero-order valence-electron chi connectivity index (χ0n) is 14.2. The maximum atomic E-state index is 12.2.